The van der Waals surface area contributed by atoms with E-state index in [0.717, 1.165) is 12.8 Å². The molecular formula is C24H49NO3. The second kappa shape index (κ2) is 21.1. The lowest BCUT2D eigenvalue weighted by molar-refractivity contribution is -0.142. The van der Waals surface area contributed by atoms with E-state index >= 15 is 0 Å². The molecule has 0 rings (SSSR count). The first-order valence-corrected chi connectivity index (χ1v) is 12.2. The maximum absolute atomic E-state index is 10.9. The Morgan fingerprint density at radius 2 is 1.00 bits per heavy atom. The van der Waals surface area contributed by atoms with Crippen LogP contribution < -0.4 is 5.32 Å². The third-order valence-corrected chi connectivity index (χ3v) is 5.64. The van der Waals surface area contributed by atoms with Crippen LogP contribution in [-0.4, -0.2) is 34.9 Å². The van der Waals surface area contributed by atoms with Crippen LogP contribution in [0.2, 0.25) is 0 Å². The van der Waals surface area contributed by atoms with E-state index in [2.05, 4.69) is 12.2 Å². The normalized spacial score (nSPS) is 13.5. The first-order valence-electron chi connectivity index (χ1n) is 12.2. The molecule has 0 aliphatic rings. The van der Waals surface area contributed by atoms with Crippen LogP contribution in [0.5, 0.6) is 0 Å². The van der Waals surface area contributed by atoms with E-state index in [9.17, 15) is 9.90 Å². The number of hydrogen-bond acceptors (Lipinski definition) is 3. The van der Waals surface area contributed by atoms with Crippen molar-refractivity contribution in [3.8, 4) is 0 Å². The smallest absolute Gasteiger partial charge is 0.323 e. The van der Waals surface area contributed by atoms with E-state index in [1.807, 2.05) is 0 Å². The molecule has 3 N–H and O–H groups in total. The SMILES string of the molecule is CCCCCCCCCCCCCCCCCCCCN[C@H](C(=O)O)[C@@H](C)O. The fourth-order valence-corrected chi connectivity index (χ4v) is 3.75. The molecule has 0 unspecified atom stereocenters. The topological polar surface area (TPSA) is 69.6 Å². The van der Waals surface area contributed by atoms with Crippen LogP contribution in [0.15, 0.2) is 0 Å². The summed E-state index contributed by atoms with van der Waals surface area (Å²) in [6.45, 7) is 4.46. The van der Waals surface area contributed by atoms with Gasteiger partial charge in [-0.05, 0) is 19.9 Å². The molecule has 0 radical (unpaired) electrons. The second-order valence-electron chi connectivity index (χ2n) is 8.52. The quantitative estimate of drug-likeness (QED) is 0.183. The van der Waals surface area contributed by atoms with Gasteiger partial charge in [-0.15, -0.1) is 0 Å². The Morgan fingerprint density at radius 1 is 0.679 bits per heavy atom. The van der Waals surface area contributed by atoms with Crippen LogP contribution in [0.3, 0.4) is 0 Å². The molecule has 0 fully saturated rings. The van der Waals surface area contributed by atoms with Gasteiger partial charge in [0, 0.05) is 0 Å². The van der Waals surface area contributed by atoms with Gasteiger partial charge in [0.1, 0.15) is 6.04 Å². The number of nitrogens with one attached hydrogen (secondary N) is 1. The van der Waals surface area contributed by atoms with Gasteiger partial charge in [0.2, 0.25) is 0 Å². The predicted octanol–water partition coefficient (Wildman–Crippen LogP) is 6.45. The van der Waals surface area contributed by atoms with Gasteiger partial charge in [-0.3, -0.25) is 4.79 Å². The number of carboxylic acid groups (broad SMARTS) is 1. The van der Waals surface area contributed by atoms with Crippen molar-refractivity contribution in [2.75, 3.05) is 6.54 Å². The zero-order chi connectivity index (χ0) is 20.9. The van der Waals surface area contributed by atoms with E-state index in [1.54, 1.807) is 0 Å². The monoisotopic (exact) mass is 399 g/mol. The molecule has 28 heavy (non-hydrogen) atoms. The summed E-state index contributed by atoms with van der Waals surface area (Å²) in [7, 11) is 0. The van der Waals surface area contributed by atoms with Crippen molar-refractivity contribution in [1.82, 2.24) is 5.32 Å². The minimum atomic E-state index is -0.975. The molecule has 0 amide bonds. The van der Waals surface area contributed by atoms with Crippen LogP contribution in [0.25, 0.3) is 0 Å². The summed E-state index contributed by atoms with van der Waals surface area (Å²) in [4.78, 5) is 10.9. The van der Waals surface area contributed by atoms with Gasteiger partial charge in [-0.1, -0.05) is 116 Å². The molecule has 0 bridgehead atoms. The fraction of sp³-hybridized carbons (Fsp3) is 0.958. The van der Waals surface area contributed by atoms with Gasteiger partial charge in [-0.2, -0.15) is 0 Å². The van der Waals surface area contributed by atoms with Crippen molar-refractivity contribution in [3.05, 3.63) is 0 Å². The van der Waals surface area contributed by atoms with Gasteiger partial charge < -0.3 is 15.5 Å². The summed E-state index contributed by atoms with van der Waals surface area (Å²) >= 11 is 0. The Bertz CT molecular complexity index is 334. The summed E-state index contributed by atoms with van der Waals surface area (Å²) < 4.78 is 0. The molecule has 0 saturated heterocycles. The van der Waals surface area contributed by atoms with Crippen LogP contribution in [-0.2, 0) is 4.79 Å². The highest BCUT2D eigenvalue weighted by molar-refractivity contribution is 5.74. The summed E-state index contributed by atoms with van der Waals surface area (Å²) in [5.74, 6) is -0.975. The summed E-state index contributed by atoms with van der Waals surface area (Å²) in [5, 5.41) is 21.3. The second-order valence-corrected chi connectivity index (χ2v) is 8.52. The van der Waals surface area contributed by atoms with Gasteiger partial charge in [0.25, 0.3) is 0 Å². The fourth-order valence-electron chi connectivity index (χ4n) is 3.75. The predicted molar refractivity (Wildman–Crippen MR) is 120 cm³/mol. The van der Waals surface area contributed by atoms with Crippen LogP contribution in [0.4, 0.5) is 0 Å². The van der Waals surface area contributed by atoms with Crippen LogP contribution in [0, 0.1) is 0 Å². The Morgan fingerprint density at radius 3 is 1.29 bits per heavy atom. The highest BCUT2D eigenvalue weighted by atomic mass is 16.4. The summed E-state index contributed by atoms with van der Waals surface area (Å²) in [6, 6.07) is -0.842. The average Bonchev–Trinajstić information content (AvgIpc) is 2.65. The van der Waals surface area contributed by atoms with Crippen molar-refractivity contribution < 1.29 is 15.0 Å². The number of aliphatic carboxylic acids is 1. The molecule has 0 aliphatic carbocycles. The highest BCUT2D eigenvalue weighted by Crippen LogP contribution is 2.14. The maximum atomic E-state index is 10.9. The molecule has 0 aliphatic heterocycles. The van der Waals surface area contributed by atoms with Crippen molar-refractivity contribution in [3.63, 3.8) is 0 Å². The molecule has 0 aromatic carbocycles. The zero-order valence-electron chi connectivity index (χ0n) is 18.9. The van der Waals surface area contributed by atoms with Crippen molar-refractivity contribution in [2.45, 2.75) is 142 Å². The van der Waals surface area contributed by atoms with Gasteiger partial charge in [-0.25, -0.2) is 0 Å². The maximum Gasteiger partial charge on any atom is 0.323 e. The highest BCUT2D eigenvalue weighted by Gasteiger charge is 2.21. The third kappa shape index (κ3) is 18.7. The Balaban J connectivity index is 3.17. The number of aliphatic hydroxyl groups excluding tert-OH is 1. The van der Waals surface area contributed by atoms with Crippen molar-refractivity contribution in [1.29, 1.82) is 0 Å². The molecule has 4 heteroatoms. The van der Waals surface area contributed by atoms with Gasteiger partial charge in [0.05, 0.1) is 6.10 Å². The first kappa shape index (κ1) is 27.4. The lowest BCUT2D eigenvalue weighted by atomic mass is 10.0. The molecule has 168 valence electrons. The zero-order valence-corrected chi connectivity index (χ0v) is 18.9. The van der Waals surface area contributed by atoms with E-state index in [0.29, 0.717) is 6.54 Å². The first-order chi connectivity index (χ1) is 13.6. The molecule has 2 atom stereocenters. The Kier molecular flexibility index (Phi) is 20.6. The molecule has 0 aromatic rings. The number of carboxylic acids is 1. The number of hydrogen-bond donors (Lipinski definition) is 3. The average molecular weight is 400 g/mol. The number of rotatable bonds is 22. The largest absolute Gasteiger partial charge is 0.480 e. The van der Waals surface area contributed by atoms with Crippen molar-refractivity contribution >= 4 is 5.97 Å². The number of aliphatic hydroxyl groups is 1. The molecule has 0 saturated carbocycles. The lowest BCUT2D eigenvalue weighted by Gasteiger charge is -2.16. The van der Waals surface area contributed by atoms with Gasteiger partial charge in [0.15, 0.2) is 0 Å². The van der Waals surface area contributed by atoms with Crippen LogP contribution >= 0.6 is 0 Å². The molecule has 4 nitrogen and oxygen atoms in total. The Labute approximate surface area is 174 Å². The standard InChI is InChI=1S/C24H49NO3/c1-3-4-5-6-7-8-9-10-11-12-13-14-15-16-17-18-19-20-21-25-23(22(2)26)24(27)28/h22-23,25-26H,3-21H2,1-2H3,(H,27,28)/t22-,23+/m1/s1. The lowest BCUT2D eigenvalue weighted by Crippen LogP contribution is -2.45. The Hall–Kier alpha value is -0.610. The minimum Gasteiger partial charge on any atom is -0.480 e. The number of carbonyl (C=O) groups is 1. The van der Waals surface area contributed by atoms with Crippen LogP contribution in [0.1, 0.15) is 129 Å². The van der Waals surface area contributed by atoms with Gasteiger partial charge >= 0.3 is 5.97 Å². The minimum absolute atomic E-state index is 0.667. The summed E-state index contributed by atoms with van der Waals surface area (Å²) in [5.41, 5.74) is 0. The third-order valence-electron chi connectivity index (χ3n) is 5.64. The van der Waals surface area contributed by atoms with E-state index in [1.165, 1.54) is 110 Å². The van der Waals surface area contributed by atoms with E-state index < -0.39 is 18.1 Å². The molecule has 0 spiro atoms. The molecule has 0 aromatic heterocycles. The molecule has 0 heterocycles. The number of unbranched alkanes of at least 4 members (excludes halogenated alkanes) is 17. The summed E-state index contributed by atoms with van der Waals surface area (Å²) in [6.07, 6.45) is 23.5. The van der Waals surface area contributed by atoms with E-state index in [4.69, 9.17) is 5.11 Å². The van der Waals surface area contributed by atoms with E-state index in [-0.39, 0.29) is 0 Å². The van der Waals surface area contributed by atoms with Crippen molar-refractivity contribution in [2.24, 2.45) is 0 Å². The molecular weight excluding hydrogens is 350 g/mol.